The second-order valence-electron chi connectivity index (χ2n) is 9.38. The van der Waals surface area contributed by atoms with Crippen molar-refractivity contribution in [3.8, 4) is 0 Å². The fraction of sp³-hybridized carbons (Fsp3) is 0.583. The molecule has 3 aliphatic heterocycles. The van der Waals surface area contributed by atoms with Crippen molar-refractivity contribution in [1.29, 1.82) is 0 Å². The molecule has 1 aromatic rings. The van der Waals surface area contributed by atoms with Crippen LogP contribution in [0.3, 0.4) is 0 Å². The third-order valence-electron chi connectivity index (χ3n) is 7.52. The van der Waals surface area contributed by atoms with Crippen molar-refractivity contribution >= 4 is 29.3 Å². The van der Waals surface area contributed by atoms with E-state index in [-0.39, 0.29) is 18.7 Å². The number of amides is 4. The Kier molecular flexibility index (Phi) is 5.70. The Balaban J connectivity index is 1.33. The molecule has 2 saturated heterocycles. The molecule has 33 heavy (non-hydrogen) atoms. The number of carbonyl (C=O) groups is 4. The second-order valence-corrected chi connectivity index (χ2v) is 9.38. The van der Waals surface area contributed by atoms with Crippen LogP contribution in [0.15, 0.2) is 18.2 Å². The molecular weight excluding hydrogens is 424 g/mol. The van der Waals surface area contributed by atoms with Crippen molar-refractivity contribution in [2.24, 2.45) is 0 Å². The summed E-state index contributed by atoms with van der Waals surface area (Å²) in [4.78, 5) is 55.6. The number of fused-ring (bicyclic) bond motifs is 1. The molecule has 1 aliphatic carbocycles. The smallest absolute Gasteiger partial charge is 0.262 e. The number of benzene rings is 1. The van der Waals surface area contributed by atoms with Crippen molar-refractivity contribution in [2.75, 3.05) is 31.6 Å². The lowest BCUT2D eigenvalue weighted by Crippen LogP contribution is -2.60. The minimum Gasteiger partial charge on any atom is -0.376 e. The quantitative estimate of drug-likeness (QED) is 0.644. The van der Waals surface area contributed by atoms with Gasteiger partial charge in [-0.25, -0.2) is 0 Å². The van der Waals surface area contributed by atoms with Crippen LogP contribution in [-0.2, 0) is 14.3 Å². The van der Waals surface area contributed by atoms with Gasteiger partial charge in [-0.3, -0.25) is 34.3 Å². The van der Waals surface area contributed by atoms with Gasteiger partial charge in [0.1, 0.15) is 6.04 Å². The van der Waals surface area contributed by atoms with E-state index >= 15 is 0 Å². The number of nitrogens with one attached hydrogen (secondary N) is 1. The molecule has 1 unspecified atom stereocenters. The summed E-state index contributed by atoms with van der Waals surface area (Å²) in [7, 11) is 2.05. The van der Waals surface area contributed by atoms with E-state index in [0.717, 1.165) is 49.5 Å². The van der Waals surface area contributed by atoms with Crippen LogP contribution in [0, 0.1) is 0 Å². The Morgan fingerprint density at radius 2 is 1.82 bits per heavy atom. The van der Waals surface area contributed by atoms with Crippen LogP contribution in [0.4, 0.5) is 5.69 Å². The number of hydrogen-bond acceptors (Lipinski definition) is 7. The van der Waals surface area contributed by atoms with E-state index < -0.39 is 23.8 Å². The summed E-state index contributed by atoms with van der Waals surface area (Å²) in [6.07, 6.45) is 3.96. The van der Waals surface area contributed by atoms with Crippen LogP contribution in [0.2, 0.25) is 0 Å². The zero-order chi connectivity index (χ0) is 23.3. The van der Waals surface area contributed by atoms with Gasteiger partial charge in [0.2, 0.25) is 11.8 Å². The molecule has 9 heteroatoms. The number of rotatable bonds is 6. The zero-order valence-electron chi connectivity index (χ0n) is 19.1. The Hall–Kier alpha value is -2.78. The molecule has 3 fully saturated rings. The standard InChI is InChI=1S/C24H30N4O5/c1-3-33-15-12-27(13-15)19-6-4-5-18(19)26(2)14-7-8-16-17(11-14)24(32)28(23(16)31)20-9-10-21(29)25-22(20)30/h7-8,11,15,18-20H,3-6,9-10,12-13H2,1-2H3,(H,25,29,30)/t18-,19+,20?/m1/s1. The first-order chi connectivity index (χ1) is 15.9. The number of piperidine rings is 1. The third kappa shape index (κ3) is 3.73. The molecule has 4 aliphatic rings. The molecule has 176 valence electrons. The first kappa shape index (κ1) is 22.0. The summed E-state index contributed by atoms with van der Waals surface area (Å²) in [5.41, 5.74) is 1.52. The van der Waals surface area contributed by atoms with Crippen molar-refractivity contribution in [3.05, 3.63) is 29.3 Å². The number of likely N-dealkylation sites (tertiary alicyclic amines) is 1. The number of carbonyl (C=O) groups excluding carboxylic acids is 4. The third-order valence-corrected chi connectivity index (χ3v) is 7.52. The molecule has 3 atom stereocenters. The van der Waals surface area contributed by atoms with Crippen molar-refractivity contribution in [2.45, 2.75) is 63.3 Å². The van der Waals surface area contributed by atoms with Gasteiger partial charge in [-0.05, 0) is 50.8 Å². The molecule has 4 amide bonds. The van der Waals surface area contributed by atoms with Crippen molar-refractivity contribution < 1.29 is 23.9 Å². The normalized spacial score (nSPS) is 28.2. The minimum atomic E-state index is -0.944. The van der Waals surface area contributed by atoms with Crippen molar-refractivity contribution in [1.82, 2.24) is 15.1 Å². The summed E-state index contributed by atoms with van der Waals surface area (Å²) in [5, 5.41) is 2.23. The van der Waals surface area contributed by atoms with E-state index in [9.17, 15) is 19.2 Å². The van der Waals surface area contributed by atoms with Crippen LogP contribution in [-0.4, -0.2) is 84.4 Å². The minimum absolute atomic E-state index is 0.113. The molecule has 0 radical (unpaired) electrons. The van der Waals surface area contributed by atoms with Gasteiger partial charge in [-0.1, -0.05) is 0 Å². The molecule has 0 spiro atoms. The molecule has 1 aromatic carbocycles. The first-order valence-corrected chi connectivity index (χ1v) is 11.8. The van der Waals surface area contributed by atoms with Crippen molar-refractivity contribution in [3.63, 3.8) is 0 Å². The fourth-order valence-corrected chi connectivity index (χ4v) is 5.75. The second kappa shape index (κ2) is 8.53. The molecule has 9 nitrogen and oxygen atoms in total. The largest absolute Gasteiger partial charge is 0.376 e. The Morgan fingerprint density at radius 1 is 1.06 bits per heavy atom. The van der Waals surface area contributed by atoms with Crippen LogP contribution in [0.1, 0.15) is 59.7 Å². The lowest BCUT2D eigenvalue weighted by atomic mass is 10.0. The number of ether oxygens (including phenoxy) is 1. The van der Waals surface area contributed by atoms with Gasteiger partial charge in [0.15, 0.2) is 0 Å². The first-order valence-electron chi connectivity index (χ1n) is 11.8. The summed E-state index contributed by atoms with van der Waals surface area (Å²) in [5.74, 6) is -1.91. The van der Waals surface area contributed by atoms with Gasteiger partial charge >= 0.3 is 0 Å². The number of hydrogen-bond donors (Lipinski definition) is 1. The number of nitrogens with zero attached hydrogens (tertiary/aromatic N) is 3. The van der Waals surface area contributed by atoms with Gasteiger partial charge in [0.25, 0.3) is 11.8 Å². The van der Waals surface area contributed by atoms with E-state index in [2.05, 4.69) is 15.1 Å². The van der Waals surface area contributed by atoms with E-state index in [1.807, 2.05) is 20.0 Å². The average Bonchev–Trinajstić information content (AvgIpc) is 3.34. The van der Waals surface area contributed by atoms with Crippen LogP contribution >= 0.6 is 0 Å². The van der Waals surface area contributed by atoms with E-state index in [1.165, 1.54) is 0 Å². The van der Waals surface area contributed by atoms with Gasteiger partial charge in [0, 0.05) is 50.9 Å². The van der Waals surface area contributed by atoms with E-state index in [4.69, 9.17) is 4.74 Å². The van der Waals surface area contributed by atoms with Gasteiger partial charge in [0.05, 0.1) is 17.2 Å². The molecular formula is C24H30N4O5. The Bertz CT molecular complexity index is 1000. The molecule has 5 rings (SSSR count). The fourth-order valence-electron chi connectivity index (χ4n) is 5.75. The maximum atomic E-state index is 13.2. The van der Waals surface area contributed by atoms with Gasteiger partial charge in [-0.2, -0.15) is 0 Å². The lowest BCUT2D eigenvalue weighted by Gasteiger charge is -2.46. The predicted octanol–water partition coefficient (Wildman–Crippen LogP) is 1.17. The Labute approximate surface area is 193 Å². The molecule has 0 bridgehead atoms. The summed E-state index contributed by atoms with van der Waals surface area (Å²) < 4.78 is 5.72. The number of anilines is 1. The number of imide groups is 2. The molecule has 1 saturated carbocycles. The monoisotopic (exact) mass is 454 g/mol. The van der Waals surface area contributed by atoms with Crippen LogP contribution in [0.5, 0.6) is 0 Å². The van der Waals surface area contributed by atoms with Crippen LogP contribution < -0.4 is 10.2 Å². The Morgan fingerprint density at radius 3 is 2.55 bits per heavy atom. The average molecular weight is 455 g/mol. The topological polar surface area (TPSA) is 99.3 Å². The SMILES string of the molecule is CCOC1CN([C@H]2CCC[C@H]2N(C)c2ccc3c(c2)C(=O)N(C2CCC(=O)NC2=O)C3=O)C1. The molecule has 3 heterocycles. The maximum Gasteiger partial charge on any atom is 0.262 e. The number of likely N-dealkylation sites (N-methyl/N-ethyl adjacent to an activating group) is 1. The summed E-state index contributed by atoms with van der Waals surface area (Å²) in [6.45, 7) is 4.68. The van der Waals surface area contributed by atoms with Gasteiger partial charge < -0.3 is 9.64 Å². The highest BCUT2D eigenvalue weighted by Gasteiger charge is 2.45. The maximum absolute atomic E-state index is 13.2. The zero-order valence-corrected chi connectivity index (χ0v) is 19.1. The lowest BCUT2D eigenvalue weighted by molar-refractivity contribution is -0.136. The van der Waals surface area contributed by atoms with E-state index in [0.29, 0.717) is 29.3 Å². The molecule has 0 aromatic heterocycles. The molecule has 1 N–H and O–H groups in total. The van der Waals surface area contributed by atoms with Gasteiger partial charge in [-0.15, -0.1) is 0 Å². The summed E-state index contributed by atoms with van der Waals surface area (Å²) >= 11 is 0. The highest BCUT2D eigenvalue weighted by molar-refractivity contribution is 6.23. The summed E-state index contributed by atoms with van der Waals surface area (Å²) in [6, 6.07) is 5.16. The predicted molar refractivity (Wildman–Crippen MR) is 120 cm³/mol. The highest BCUT2D eigenvalue weighted by Crippen LogP contribution is 2.36. The van der Waals surface area contributed by atoms with Crippen LogP contribution in [0.25, 0.3) is 0 Å². The van der Waals surface area contributed by atoms with E-state index in [1.54, 1.807) is 12.1 Å². The highest BCUT2D eigenvalue weighted by atomic mass is 16.5.